The fourth-order valence-electron chi connectivity index (χ4n) is 2.66. The van der Waals surface area contributed by atoms with Crippen LogP contribution in [0.4, 0.5) is 10.5 Å². The van der Waals surface area contributed by atoms with Crippen molar-refractivity contribution in [1.82, 2.24) is 19.6 Å². The Morgan fingerprint density at radius 3 is 2.62 bits per heavy atom. The van der Waals surface area contributed by atoms with Gasteiger partial charge in [-0.15, -0.1) is 0 Å². The van der Waals surface area contributed by atoms with E-state index in [1.807, 2.05) is 48.1 Å². The lowest BCUT2D eigenvalue weighted by atomic mass is 10.2. The van der Waals surface area contributed by atoms with E-state index in [0.29, 0.717) is 0 Å². The van der Waals surface area contributed by atoms with Crippen LogP contribution in [-0.4, -0.2) is 65.9 Å². The number of piperazine rings is 1. The SMILES string of the molecule is CN1CCN(C(=O)N(C)c2ccc3cnn(C)c3c2)CC1. The second-order valence-electron chi connectivity index (χ2n) is 5.64. The Hall–Kier alpha value is -2.08. The van der Waals surface area contributed by atoms with Crippen LogP contribution in [0.15, 0.2) is 24.4 Å². The van der Waals surface area contributed by atoms with Crippen LogP contribution < -0.4 is 4.90 Å². The molecule has 3 rings (SSSR count). The van der Waals surface area contributed by atoms with Crippen LogP contribution in [0, 0.1) is 0 Å². The summed E-state index contributed by atoms with van der Waals surface area (Å²) in [7, 11) is 5.83. The van der Waals surface area contributed by atoms with Crippen molar-refractivity contribution in [3.8, 4) is 0 Å². The molecule has 6 nitrogen and oxygen atoms in total. The third kappa shape index (κ3) is 2.58. The summed E-state index contributed by atoms with van der Waals surface area (Å²) in [6, 6.07) is 6.05. The number of carbonyl (C=O) groups is 1. The molecule has 21 heavy (non-hydrogen) atoms. The van der Waals surface area contributed by atoms with Crippen molar-refractivity contribution in [1.29, 1.82) is 0 Å². The van der Waals surface area contributed by atoms with E-state index in [0.717, 1.165) is 42.8 Å². The smallest absolute Gasteiger partial charge is 0.322 e. The number of benzene rings is 1. The van der Waals surface area contributed by atoms with Gasteiger partial charge in [-0.1, -0.05) is 0 Å². The van der Waals surface area contributed by atoms with E-state index in [9.17, 15) is 4.79 Å². The molecule has 1 aliphatic rings. The summed E-state index contributed by atoms with van der Waals surface area (Å²) in [5.74, 6) is 0. The van der Waals surface area contributed by atoms with Crippen LogP contribution in [-0.2, 0) is 7.05 Å². The average molecular weight is 287 g/mol. The van der Waals surface area contributed by atoms with Gasteiger partial charge in [0.1, 0.15) is 0 Å². The van der Waals surface area contributed by atoms with Gasteiger partial charge in [-0.2, -0.15) is 5.10 Å². The van der Waals surface area contributed by atoms with E-state index in [-0.39, 0.29) is 6.03 Å². The summed E-state index contributed by atoms with van der Waals surface area (Å²) < 4.78 is 1.83. The lowest BCUT2D eigenvalue weighted by molar-refractivity contribution is 0.160. The molecule has 0 unspecified atom stereocenters. The quantitative estimate of drug-likeness (QED) is 0.796. The molecule has 2 aromatic rings. The van der Waals surface area contributed by atoms with Crippen molar-refractivity contribution in [2.24, 2.45) is 7.05 Å². The first kappa shape index (κ1) is 13.9. The van der Waals surface area contributed by atoms with Gasteiger partial charge in [0.25, 0.3) is 0 Å². The van der Waals surface area contributed by atoms with Crippen molar-refractivity contribution in [2.75, 3.05) is 45.2 Å². The average Bonchev–Trinajstić information content (AvgIpc) is 2.87. The molecule has 1 aromatic heterocycles. The molecule has 0 saturated carbocycles. The maximum absolute atomic E-state index is 12.6. The Kier molecular flexibility index (Phi) is 3.55. The number of urea groups is 1. The van der Waals surface area contributed by atoms with Crippen molar-refractivity contribution < 1.29 is 4.79 Å². The number of hydrogen-bond donors (Lipinski definition) is 0. The predicted octanol–water partition coefficient (Wildman–Crippen LogP) is 1.38. The Balaban J connectivity index is 1.80. The van der Waals surface area contributed by atoms with E-state index in [2.05, 4.69) is 17.0 Å². The largest absolute Gasteiger partial charge is 0.324 e. The number of rotatable bonds is 1. The number of amides is 2. The molecule has 0 atom stereocenters. The van der Waals surface area contributed by atoms with Gasteiger partial charge in [-0.25, -0.2) is 4.79 Å². The highest BCUT2D eigenvalue weighted by atomic mass is 16.2. The number of carbonyl (C=O) groups excluding carboxylic acids is 1. The molecule has 6 heteroatoms. The van der Waals surface area contributed by atoms with Gasteiger partial charge in [-0.3, -0.25) is 9.58 Å². The van der Waals surface area contributed by atoms with Crippen LogP contribution in [0.2, 0.25) is 0 Å². The van der Waals surface area contributed by atoms with Crippen molar-refractivity contribution in [3.05, 3.63) is 24.4 Å². The summed E-state index contributed by atoms with van der Waals surface area (Å²) >= 11 is 0. The minimum atomic E-state index is 0.0598. The lowest BCUT2D eigenvalue weighted by Crippen LogP contribution is -2.51. The van der Waals surface area contributed by atoms with Gasteiger partial charge in [0.15, 0.2) is 0 Å². The first-order chi connectivity index (χ1) is 10.1. The Morgan fingerprint density at radius 2 is 1.90 bits per heavy atom. The first-order valence-corrected chi connectivity index (χ1v) is 7.19. The Bertz CT molecular complexity index is 657. The van der Waals surface area contributed by atoms with E-state index < -0.39 is 0 Å². The Labute approximate surface area is 124 Å². The van der Waals surface area contributed by atoms with Crippen LogP contribution in [0.3, 0.4) is 0 Å². The second kappa shape index (κ2) is 5.37. The number of fused-ring (bicyclic) bond motifs is 1. The van der Waals surface area contributed by atoms with E-state index in [4.69, 9.17) is 0 Å². The van der Waals surface area contributed by atoms with Gasteiger partial charge < -0.3 is 9.80 Å². The third-order valence-corrected chi connectivity index (χ3v) is 4.18. The molecule has 0 radical (unpaired) electrons. The zero-order chi connectivity index (χ0) is 15.0. The first-order valence-electron chi connectivity index (χ1n) is 7.19. The van der Waals surface area contributed by atoms with E-state index in [1.54, 1.807) is 4.90 Å². The normalized spacial score (nSPS) is 16.4. The van der Waals surface area contributed by atoms with Crippen LogP contribution in [0.5, 0.6) is 0 Å². The van der Waals surface area contributed by atoms with Crippen molar-refractivity contribution >= 4 is 22.6 Å². The van der Waals surface area contributed by atoms with Gasteiger partial charge in [0, 0.05) is 51.3 Å². The van der Waals surface area contributed by atoms with Crippen LogP contribution >= 0.6 is 0 Å². The van der Waals surface area contributed by atoms with Crippen LogP contribution in [0.25, 0.3) is 10.9 Å². The zero-order valence-corrected chi connectivity index (χ0v) is 12.8. The number of nitrogens with zero attached hydrogens (tertiary/aromatic N) is 5. The molecule has 112 valence electrons. The zero-order valence-electron chi connectivity index (χ0n) is 12.8. The number of hydrogen-bond acceptors (Lipinski definition) is 3. The van der Waals surface area contributed by atoms with Gasteiger partial charge in [-0.05, 0) is 25.2 Å². The fraction of sp³-hybridized carbons (Fsp3) is 0.467. The lowest BCUT2D eigenvalue weighted by Gasteiger charge is -2.35. The molecule has 1 fully saturated rings. The minimum Gasteiger partial charge on any atom is -0.322 e. The van der Waals surface area contributed by atoms with E-state index >= 15 is 0 Å². The Morgan fingerprint density at radius 1 is 1.19 bits per heavy atom. The molecule has 1 aromatic carbocycles. The summed E-state index contributed by atoms with van der Waals surface area (Å²) in [5.41, 5.74) is 1.93. The molecule has 2 heterocycles. The maximum Gasteiger partial charge on any atom is 0.324 e. The summed E-state index contributed by atoms with van der Waals surface area (Å²) in [4.78, 5) is 18.4. The number of aromatic nitrogens is 2. The second-order valence-corrected chi connectivity index (χ2v) is 5.64. The monoisotopic (exact) mass is 287 g/mol. The highest BCUT2D eigenvalue weighted by Crippen LogP contribution is 2.22. The summed E-state index contributed by atoms with van der Waals surface area (Å²) in [6.07, 6.45) is 1.83. The molecule has 1 saturated heterocycles. The van der Waals surface area contributed by atoms with Crippen molar-refractivity contribution in [2.45, 2.75) is 0 Å². The predicted molar refractivity (Wildman–Crippen MR) is 83.6 cm³/mol. The molecule has 0 spiro atoms. The minimum absolute atomic E-state index is 0.0598. The van der Waals surface area contributed by atoms with E-state index in [1.165, 1.54) is 0 Å². The number of aryl methyl sites for hydroxylation is 1. The molecular weight excluding hydrogens is 266 g/mol. The highest BCUT2D eigenvalue weighted by Gasteiger charge is 2.23. The van der Waals surface area contributed by atoms with Crippen molar-refractivity contribution in [3.63, 3.8) is 0 Å². The summed E-state index contributed by atoms with van der Waals surface area (Å²) in [6.45, 7) is 3.43. The topological polar surface area (TPSA) is 44.6 Å². The summed E-state index contributed by atoms with van der Waals surface area (Å²) in [5, 5.41) is 5.32. The van der Waals surface area contributed by atoms with Gasteiger partial charge >= 0.3 is 6.03 Å². The molecule has 0 bridgehead atoms. The fourth-order valence-corrected chi connectivity index (χ4v) is 2.66. The third-order valence-electron chi connectivity index (χ3n) is 4.18. The molecule has 1 aliphatic heterocycles. The standard InChI is InChI=1S/C15H21N5O/c1-17-6-8-20(9-7-17)15(21)18(2)13-5-4-12-11-16-19(3)14(12)10-13/h4-5,10-11H,6-9H2,1-3H3. The van der Waals surface area contributed by atoms with Gasteiger partial charge in [0.05, 0.1) is 11.7 Å². The molecular formula is C15H21N5O. The number of anilines is 1. The maximum atomic E-state index is 12.6. The molecule has 0 N–H and O–H groups in total. The van der Waals surface area contributed by atoms with Crippen LogP contribution in [0.1, 0.15) is 0 Å². The molecule has 0 aliphatic carbocycles. The molecule has 2 amide bonds. The number of likely N-dealkylation sites (N-methyl/N-ethyl adjacent to an activating group) is 1. The van der Waals surface area contributed by atoms with Gasteiger partial charge in [0.2, 0.25) is 0 Å². The highest BCUT2D eigenvalue weighted by molar-refractivity contribution is 5.94.